The molecule has 7 nitrogen and oxygen atoms in total. The maximum absolute atomic E-state index is 12.4. The van der Waals surface area contributed by atoms with Crippen LogP contribution in [-0.4, -0.2) is 36.0 Å². The normalized spacial score (nSPS) is 27.0. The number of hydrogen-bond donors (Lipinski definition) is 0. The topological polar surface area (TPSA) is 85.9 Å². The quantitative estimate of drug-likeness (QED) is 0.669. The first-order chi connectivity index (χ1) is 8.83. The van der Waals surface area contributed by atoms with Crippen LogP contribution in [-0.2, 0) is 6.42 Å². The third-order valence-corrected chi connectivity index (χ3v) is 4.08. The highest BCUT2D eigenvalue weighted by Gasteiger charge is 2.39. The van der Waals surface area contributed by atoms with Gasteiger partial charge in [0.25, 0.3) is 5.78 Å². The second-order valence-electron chi connectivity index (χ2n) is 5.09. The van der Waals surface area contributed by atoms with E-state index >= 15 is 0 Å². The van der Waals surface area contributed by atoms with Crippen molar-refractivity contribution in [1.29, 1.82) is 0 Å². The van der Waals surface area contributed by atoms with Gasteiger partial charge in [-0.2, -0.15) is 0 Å². The molecule has 2 heterocycles. The van der Waals surface area contributed by atoms with E-state index in [4.69, 9.17) is 0 Å². The highest BCUT2D eigenvalue weighted by atomic mass is 16.1. The van der Waals surface area contributed by atoms with Crippen LogP contribution in [0.2, 0.25) is 0 Å². The Morgan fingerprint density at radius 3 is 3.06 bits per heavy atom. The van der Waals surface area contributed by atoms with Crippen LogP contribution in [0.1, 0.15) is 41.9 Å². The molecular weight excluding hydrogens is 232 g/mol. The molecule has 1 fully saturated rings. The van der Waals surface area contributed by atoms with Gasteiger partial charge in [0.15, 0.2) is 11.5 Å². The number of rotatable bonds is 0. The van der Waals surface area contributed by atoms with Gasteiger partial charge in [0, 0.05) is 5.92 Å². The molecule has 1 saturated carbocycles. The van der Waals surface area contributed by atoms with Crippen LogP contribution < -0.4 is 0 Å². The molecule has 2 aromatic rings. The molecule has 18 heavy (non-hydrogen) atoms. The Morgan fingerprint density at radius 1 is 1.22 bits per heavy atom. The fourth-order valence-corrected chi connectivity index (χ4v) is 3.19. The van der Waals surface area contributed by atoms with Crippen LogP contribution in [0.25, 0.3) is 5.78 Å². The van der Waals surface area contributed by atoms with E-state index in [1.54, 1.807) is 0 Å². The van der Waals surface area contributed by atoms with Gasteiger partial charge in [0.1, 0.15) is 0 Å². The highest BCUT2D eigenvalue weighted by Crippen LogP contribution is 2.38. The Morgan fingerprint density at radius 2 is 2.11 bits per heavy atom. The summed E-state index contributed by atoms with van der Waals surface area (Å²) in [4.78, 5) is 16.8. The molecule has 2 aliphatic carbocycles. The molecule has 0 spiro atoms. The maximum atomic E-state index is 12.4. The number of hydrogen-bond acceptors (Lipinski definition) is 6. The van der Waals surface area contributed by atoms with Crippen molar-refractivity contribution in [3.8, 4) is 0 Å². The van der Waals surface area contributed by atoms with E-state index in [1.807, 2.05) is 0 Å². The average molecular weight is 244 g/mol. The molecule has 2 aromatic heterocycles. The lowest BCUT2D eigenvalue weighted by Gasteiger charge is -2.33. The zero-order valence-corrected chi connectivity index (χ0v) is 9.78. The molecule has 2 atom stereocenters. The fraction of sp³-hybridized carbons (Fsp3) is 0.636. The lowest BCUT2D eigenvalue weighted by atomic mass is 9.70. The van der Waals surface area contributed by atoms with E-state index in [0.29, 0.717) is 17.4 Å². The summed E-state index contributed by atoms with van der Waals surface area (Å²) in [7, 11) is 0. The Balaban J connectivity index is 1.87. The van der Waals surface area contributed by atoms with Crippen molar-refractivity contribution in [1.82, 2.24) is 30.2 Å². The smallest absolute Gasteiger partial charge is 0.291 e. The Bertz CT molecular complexity index is 635. The van der Waals surface area contributed by atoms with Crippen molar-refractivity contribution < 1.29 is 4.79 Å². The van der Waals surface area contributed by atoms with E-state index in [0.717, 1.165) is 31.4 Å². The molecule has 0 saturated heterocycles. The number of Topliss-reactive ketones (excluding diaryl/α,β-unsaturated/α-hetero) is 1. The first-order valence-corrected chi connectivity index (χ1v) is 6.32. The number of tetrazole rings is 1. The van der Waals surface area contributed by atoms with Crippen LogP contribution >= 0.6 is 0 Å². The SMILES string of the molecule is O=C1c2nn3nnnc3nc2CC2CCCCC12. The molecule has 92 valence electrons. The van der Waals surface area contributed by atoms with Gasteiger partial charge in [0.2, 0.25) is 0 Å². The number of fused-ring (bicyclic) bond motifs is 3. The van der Waals surface area contributed by atoms with Gasteiger partial charge in [-0.25, -0.2) is 4.98 Å². The third-order valence-electron chi connectivity index (χ3n) is 4.08. The van der Waals surface area contributed by atoms with E-state index < -0.39 is 0 Å². The zero-order chi connectivity index (χ0) is 12.1. The van der Waals surface area contributed by atoms with Crippen LogP contribution in [0.15, 0.2) is 0 Å². The van der Waals surface area contributed by atoms with Crippen LogP contribution in [0.4, 0.5) is 0 Å². The first-order valence-electron chi connectivity index (χ1n) is 6.32. The summed E-state index contributed by atoms with van der Waals surface area (Å²) in [6.07, 6.45) is 5.29. The summed E-state index contributed by atoms with van der Waals surface area (Å²) < 4.78 is 1.24. The van der Waals surface area contributed by atoms with Crippen molar-refractivity contribution in [2.75, 3.05) is 0 Å². The van der Waals surface area contributed by atoms with Gasteiger partial charge >= 0.3 is 0 Å². The molecule has 2 unspecified atom stereocenters. The molecule has 0 aliphatic heterocycles. The summed E-state index contributed by atoms with van der Waals surface area (Å²) in [5.74, 6) is 1.07. The molecule has 2 aliphatic rings. The molecule has 4 rings (SSSR count). The third kappa shape index (κ3) is 1.30. The predicted octanol–water partition coefficient (Wildman–Crippen LogP) is 0.459. The minimum atomic E-state index is 0.130. The van der Waals surface area contributed by atoms with Crippen LogP contribution in [0.3, 0.4) is 0 Å². The van der Waals surface area contributed by atoms with E-state index in [2.05, 4.69) is 25.6 Å². The van der Waals surface area contributed by atoms with Gasteiger partial charge in [-0.05, 0) is 35.6 Å². The second-order valence-corrected chi connectivity index (χ2v) is 5.09. The Labute approximate surface area is 103 Å². The number of carbonyl (C=O) groups is 1. The lowest BCUT2D eigenvalue weighted by Crippen LogP contribution is -2.35. The second kappa shape index (κ2) is 3.54. The summed E-state index contributed by atoms with van der Waals surface area (Å²) in [5.41, 5.74) is 1.24. The van der Waals surface area contributed by atoms with Gasteiger partial charge < -0.3 is 0 Å². The largest absolute Gasteiger partial charge is 0.292 e. The van der Waals surface area contributed by atoms with Crippen LogP contribution in [0.5, 0.6) is 0 Å². The van der Waals surface area contributed by atoms with Gasteiger partial charge in [-0.15, -0.1) is 5.10 Å². The fourth-order valence-electron chi connectivity index (χ4n) is 3.19. The molecule has 7 heteroatoms. The number of nitrogens with zero attached hydrogens (tertiary/aromatic N) is 6. The lowest BCUT2D eigenvalue weighted by molar-refractivity contribution is 0.0788. The first kappa shape index (κ1) is 10.0. The standard InChI is InChI=1S/C11H12N6O/c18-10-7-4-2-1-3-6(7)5-8-9(10)14-17-11(12-8)13-15-16-17/h6-7H,1-5H2. The van der Waals surface area contributed by atoms with Crippen molar-refractivity contribution in [3.05, 3.63) is 11.4 Å². The van der Waals surface area contributed by atoms with Crippen molar-refractivity contribution in [2.45, 2.75) is 32.1 Å². The molecule has 0 aromatic carbocycles. The van der Waals surface area contributed by atoms with Gasteiger partial charge in [0.05, 0.1) is 5.69 Å². The minimum Gasteiger partial charge on any atom is -0.292 e. The summed E-state index contributed by atoms with van der Waals surface area (Å²) in [6, 6.07) is 0. The van der Waals surface area contributed by atoms with Crippen molar-refractivity contribution in [3.63, 3.8) is 0 Å². The average Bonchev–Trinajstić information content (AvgIpc) is 2.84. The summed E-state index contributed by atoms with van der Waals surface area (Å²) >= 11 is 0. The van der Waals surface area contributed by atoms with Crippen molar-refractivity contribution in [2.24, 2.45) is 11.8 Å². The molecule has 0 radical (unpaired) electrons. The predicted molar refractivity (Wildman–Crippen MR) is 59.9 cm³/mol. The highest BCUT2D eigenvalue weighted by molar-refractivity contribution is 5.98. The van der Waals surface area contributed by atoms with Gasteiger partial charge in [-0.3, -0.25) is 4.79 Å². The van der Waals surface area contributed by atoms with Crippen molar-refractivity contribution >= 4 is 11.6 Å². The number of carbonyl (C=O) groups excluding carboxylic acids is 1. The Hall–Kier alpha value is -1.92. The molecular formula is C11H12N6O. The maximum Gasteiger partial charge on any atom is 0.291 e. The van der Waals surface area contributed by atoms with E-state index in [9.17, 15) is 4.79 Å². The molecule has 0 amide bonds. The van der Waals surface area contributed by atoms with E-state index in [1.165, 1.54) is 11.1 Å². The number of ketones is 1. The zero-order valence-electron chi connectivity index (χ0n) is 9.78. The molecule has 0 bridgehead atoms. The monoisotopic (exact) mass is 244 g/mol. The Kier molecular flexibility index (Phi) is 1.97. The van der Waals surface area contributed by atoms with Crippen LogP contribution in [0, 0.1) is 11.8 Å². The minimum absolute atomic E-state index is 0.130. The van der Waals surface area contributed by atoms with Gasteiger partial charge in [-0.1, -0.05) is 22.6 Å². The summed E-state index contributed by atoms with van der Waals surface area (Å²) in [5, 5.41) is 15.2. The van der Waals surface area contributed by atoms with E-state index in [-0.39, 0.29) is 11.7 Å². The summed E-state index contributed by atoms with van der Waals surface area (Å²) in [6.45, 7) is 0. The number of aromatic nitrogens is 6. The molecule has 0 N–H and O–H groups in total.